The number of benzene rings is 1. The molecule has 3 rings (SSSR count). The van der Waals surface area contributed by atoms with Crippen LogP contribution in [0.1, 0.15) is 45.4 Å². The number of H-pyrrole nitrogens is 1. The zero-order valence-electron chi connectivity index (χ0n) is 18.8. The van der Waals surface area contributed by atoms with Crippen LogP contribution in [-0.4, -0.2) is 64.4 Å². The number of likely N-dealkylation sites (tertiary alicyclic amines) is 1. The average Bonchev–Trinajstić information content (AvgIpc) is 3.22. The summed E-state index contributed by atoms with van der Waals surface area (Å²) < 4.78 is 0. The summed E-state index contributed by atoms with van der Waals surface area (Å²) in [7, 11) is 1.99. The minimum Gasteiger partial charge on any atom is -0.357 e. The molecule has 1 aliphatic rings. The van der Waals surface area contributed by atoms with Crippen molar-refractivity contribution in [1.29, 1.82) is 0 Å². The maximum Gasteiger partial charge on any atom is 0.224 e. The standard InChI is InChI=1S/C23H34N6O.HI/c1-4-24-23(25-14-13-22(30)29-15-9-8-10-18(29)2)28(3)17-21-26-16-20(27-21)19-11-6-5-7-12-19;/h5-7,11-12,16,18H,4,8-10,13-15,17H2,1-3H3,(H,24,25)(H,26,27);1H. The van der Waals surface area contributed by atoms with Gasteiger partial charge in [0.05, 0.1) is 25.0 Å². The van der Waals surface area contributed by atoms with E-state index in [4.69, 9.17) is 0 Å². The molecule has 1 unspecified atom stereocenters. The monoisotopic (exact) mass is 538 g/mol. The van der Waals surface area contributed by atoms with Gasteiger partial charge in [-0.15, -0.1) is 24.0 Å². The van der Waals surface area contributed by atoms with Gasteiger partial charge < -0.3 is 20.1 Å². The molecule has 0 radical (unpaired) electrons. The van der Waals surface area contributed by atoms with E-state index in [1.165, 1.54) is 6.42 Å². The van der Waals surface area contributed by atoms with Gasteiger partial charge in [0.1, 0.15) is 5.82 Å². The normalized spacial score (nSPS) is 16.5. The smallest absolute Gasteiger partial charge is 0.224 e. The number of aliphatic imine (C=N–C) groups is 1. The first kappa shape index (κ1) is 25.2. The maximum absolute atomic E-state index is 12.6. The van der Waals surface area contributed by atoms with E-state index in [-0.39, 0.29) is 29.9 Å². The summed E-state index contributed by atoms with van der Waals surface area (Å²) in [4.78, 5) is 29.2. The lowest BCUT2D eigenvalue weighted by atomic mass is 10.0. The van der Waals surface area contributed by atoms with Crippen LogP contribution in [0.25, 0.3) is 11.3 Å². The van der Waals surface area contributed by atoms with Gasteiger partial charge in [-0.3, -0.25) is 9.79 Å². The molecule has 1 saturated heterocycles. The minimum absolute atomic E-state index is 0. The molecular weight excluding hydrogens is 503 g/mol. The lowest BCUT2D eigenvalue weighted by Crippen LogP contribution is -2.42. The predicted octanol–water partition coefficient (Wildman–Crippen LogP) is 3.88. The second kappa shape index (κ2) is 12.7. The molecule has 7 nitrogen and oxygen atoms in total. The van der Waals surface area contributed by atoms with Gasteiger partial charge in [0.15, 0.2) is 5.96 Å². The van der Waals surface area contributed by atoms with Crippen LogP contribution in [0.4, 0.5) is 0 Å². The molecule has 0 spiro atoms. The van der Waals surface area contributed by atoms with Crippen LogP contribution >= 0.6 is 24.0 Å². The SMILES string of the molecule is CCNC(=NCCC(=O)N1CCCCC1C)N(C)Cc1ncc(-c2ccccc2)[nH]1.I. The van der Waals surface area contributed by atoms with E-state index in [9.17, 15) is 4.79 Å². The Kier molecular flexibility index (Phi) is 10.3. The third-order valence-corrected chi connectivity index (χ3v) is 5.51. The quantitative estimate of drug-likeness (QED) is 0.319. The second-order valence-electron chi connectivity index (χ2n) is 7.88. The Bertz CT molecular complexity index is 838. The van der Waals surface area contributed by atoms with Crippen molar-refractivity contribution in [1.82, 2.24) is 25.1 Å². The first-order valence-corrected chi connectivity index (χ1v) is 11.0. The van der Waals surface area contributed by atoms with Gasteiger partial charge in [-0.2, -0.15) is 0 Å². The summed E-state index contributed by atoms with van der Waals surface area (Å²) in [5.74, 6) is 1.87. The summed E-state index contributed by atoms with van der Waals surface area (Å²) >= 11 is 0. The number of amides is 1. The number of hydrogen-bond acceptors (Lipinski definition) is 3. The lowest BCUT2D eigenvalue weighted by Gasteiger charge is -2.33. The topological polar surface area (TPSA) is 76.6 Å². The van der Waals surface area contributed by atoms with E-state index in [1.807, 2.05) is 48.2 Å². The summed E-state index contributed by atoms with van der Waals surface area (Å²) in [6.07, 6.45) is 5.75. The van der Waals surface area contributed by atoms with E-state index in [2.05, 4.69) is 39.3 Å². The van der Waals surface area contributed by atoms with Crippen LogP contribution in [0.3, 0.4) is 0 Å². The first-order valence-electron chi connectivity index (χ1n) is 11.0. The number of aromatic amines is 1. The van der Waals surface area contributed by atoms with E-state index in [1.54, 1.807) is 0 Å². The van der Waals surface area contributed by atoms with Crippen molar-refractivity contribution in [3.8, 4) is 11.3 Å². The number of hydrogen-bond donors (Lipinski definition) is 2. The fourth-order valence-corrected chi connectivity index (χ4v) is 3.85. The van der Waals surface area contributed by atoms with Crippen molar-refractivity contribution in [2.75, 3.05) is 26.7 Å². The van der Waals surface area contributed by atoms with Crippen LogP contribution in [0, 0.1) is 0 Å². The third-order valence-electron chi connectivity index (χ3n) is 5.51. The number of carbonyl (C=O) groups excluding carboxylic acids is 1. The number of imidazole rings is 1. The molecule has 8 heteroatoms. The number of nitrogens with zero attached hydrogens (tertiary/aromatic N) is 4. The van der Waals surface area contributed by atoms with Crippen molar-refractivity contribution in [2.45, 2.75) is 52.1 Å². The fraction of sp³-hybridized carbons (Fsp3) is 0.522. The molecule has 1 aromatic carbocycles. The summed E-state index contributed by atoms with van der Waals surface area (Å²) in [5.41, 5.74) is 2.12. The molecule has 170 valence electrons. The van der Waals surface area contributed by atoms with Gasteiger partial charge in [-0.25, -0.2) is 4.98 Å². The Morgan fingerprint density at radius 3 is 2.81 bits per heavy atom. The van der Waals surface area contributed by atoms with Crippen LogP contribution in [-0.2, 0) is 11.3 Å². The Labute approximate surface area is 202 Å². The molecule has 0 bridgehead atoms. The van der Waals surface area contributed by atoms with Crippen LogP contribution < -0.4 is 5.32 Å². The van der Waals surface area contributed by atoms with Crippen molar-refractivity contribution >= 4 is 35.8 Å². The summed E-state index contributed by atoms with van der Waals surface area (Å²) in [5, 5.41) is 3.31. The van der Waals surface area contributed by atoms with Crippen molar-refractivity contribution in [3.63, 3.8) is 0 Å². The highest BCUT2D eigenvalue weighted by Crippen LogP contribution is 2.18. The highest BCUT2D eigenvalue weighted by atomic mass is 127. The number of nitrogens with one attached hydrogen (secondary N) is 2. The zero-order chi connectivity index (χ0) is 21.3. The van der Waals surface area contributed by atoms with Gasteiger partial charge in [0.25, 0.3) is 0 Å². The molecule has 2 aromatic rings. The molecular formula is C23H35IN6O. The molecule has 1 amide bonds. The lowest BCUT2D eigenvalue weighted by molar-refractivity contribution is -0.134. The predicted molar refractivity (Wildman–Crippen MR) is 137 cm³/mol. The average molecular weight is 538 g/mol. The molecule has 0 saturated carbocycles. The van der Waals surface area contributed by atoms with E-state index in [0.29, 0.717) is 25.6 Å². The van der Waals surface area contributed by atoms with E-state index >= 15 is 0 Å². The third kappa shape index (κ3) is 7.22. The Morgan fingerprint density at radius 1 is 1.32 bits per heavy atom. The van der Waals surface area contributed by atoms with Gasteiger partial charge in [-0.1, -0.05) is 30.3 Å². The molecule has 31 heavy (non-hydrogen) atoms. The van der Waals surface area contributed by atoms with Crippen LogP contribution in [0.2, 0.25) is 0 Å². The maximum atomic E-state index is 12.6. The number of aromatic nitrogens is 2. The number of rotatable bonds is 7. The molecule has 1 atom stereocenters. The number of carbonyl (C=O) groups is 1. The summed E-state index contributed by atoms with van der Waals surface area (Å²) in [6, 6.07) is 10.5. The molecule has 1 aliphatic heterocycles. The van der Waals surface area contributed by atoms with Crippen molar-refractivity contribution < 1.29 is 4.79 Å². The van der Waals surface area contributed by atoms with Gasteiger partial charge >= 0.3 is 0 Å². The number of halogens is 1. The summed E-state index contributed by atoms with van der Waals surface area (Å²) in [6.45, 7) is 6.94. The van der Waals surface area contributed by atoms with Gasteiger partial charge in [0.2, 0.25) is 5.91 Å². The fourth-order valence-electron chi connectivity index (χ4n) is 3.85. The highest BCUT2D eigenvalue weighted by Gasteiger charge is 2.22. The molecule has 2 N–H and O–H groups in total. The first-order chi connectivity index (χ1) is 14.6. The van der Waals surface area contributed by atoms with E-state index in [0.717, 1.165) is 49.0 Å². The molecule has 1 aromatic heterocycles. The number of guanidine groups is 1. The Hall–Kier alpha value is -2.10. The zero-order valence-corrected chi connectivity index (χ0v) is 21.1. The molecule has 2 heterocycles. The van der Waals surface area contributed by atoms with Crippen LogP contribution in [0.5, 0.6) is 0 Å². The van der Waals surface area contributed by atoms with E-state index < -0.39 is 0 Å². The second-order valence-corrected chi connectivity index (χ2v) is 7.88. The molecule has 1 fully saturated rings. The molecule has 0 aliphatic carbocycles. The van der Waals surface area contributed by atoms with Gasteiger partial charge in [-0.05, 0) is 38.7 Å². The Balaban J connectivity index is 0.00000341. The minimum atomic E-state index is 0. The van der Waals surface area contributed by atoms with Crippen molar-refractivity contribution in [3.05, 3.63) is 42.4 Å². The van der Waals surface area contributed by atoms with Crippen LogP contribution in [0.15, 0.2) is 41.5 Å². The Morgan fingerprint density at radius 2 is 2.10 bits per heavy atom. The van der Waals surface area contributed by atoms with Gasteiger partial charge in [0, 0.05) is 32.6 Å². The highest BCUT2D eigenvalue weighted by molar-refractivity contribution is 14.0. The van der Waals surface area contributed by atoms with Crippen molar-refractivity contribution in [2.24, 2.45) is 4.99 Å². The number of piperidine rings is 1. The largest absolute Gasteiger partial charge is 0.357 e.